The van der Waals surface area contributed by atoms with E-state index in [1.165, 1.54) is 6.26 Å². The van der Waals surface area contributed by atoms with Gasteiger partial charge in [-0.2, -0.15) is 0 Å². The minimum atomic E-state index is -0.818. The maximum Gasteiger partial charge on any atom is 0.308 e. The van der Waals surface area contributed by atoms with E-state index in [4.69, 9.17) is 4.42 Å². The number of carboxylic acid groups (broad SMARTS) is 1. The third-order valence-electron chi connectivity index (χ3n) is 4.00. The van der Waals surface area contributed by atoms with E-state index in [9.17, 15) is 14.7 Å². The highest BCUT2D eigenvalue weighted by molar-refractivity contribution is 5.95. The van der Waals surface area contributed by atoms with Crippen LogP contribution in [0.3, 0.4) is 0 Å². The van der Waals surface area contributed by atoms with E-state index in [0.717, 1.165) is 32.1 Å². The van der Waals surface area contributed by atoms with Gasteiger partial charge in [-0.25, -0.2) is 0 Å². The summed E-state index contributed by atoms with van der Waals surface area (Å²) in [5.41, 5.74) is 0.483. The van der Waals surface area contributed by atoms with E-state index in [1.54, 1.807) is 13.0 Å². The van der Waals surface area contributed by atoms with Crippen molar-refractivity contribution >= 4 is 11.9 Å². The predicted octanol–water partition coefficient (Wildman–Crippen LogP) is 2.74. The van der Waals surface area contributed by atoms with E-state index in [-0.39, 0.29) is 11.9 Å². The fraction of sp³-hybridized carbons (Fsp3) is 0.600. The summed E-state index contributed by atoms with van der Waals surface area (Å²) in [6.07, 6.45) is 6.86. The van der Waals surface area contributed by atoms with Crippen LogP contribution in [-0.4, -0.2) is 23.0 Å². The highest BCUT2D eigenvalue weighted by Gasteiger charge is 2.30. The lowest BCUT2D eigenvalue weighted by molar-refractivity contribution is -0.143. The molecule has 1 amide bonds. The number of amides is 1. The third kappa shape index (κ3) is 3.40. The van der Waals surface area contributed by atoms with Gasteiger partial charge in [0, 0.05) is 6.04 Å². The number of furan rings is 1. The molecule has 5 nitrogen and oxygen atoms in total. The van der Waals surface area contributed by atoms with Gasteiger partial charge in [-0.15, -0.1) is 0 Å². The quantitative estimate of drug-likeness (QED) is 0.891. The van der Waals surface area contributed by atoms with Gasteiger partial charge < -0.3 is 14.8 Å². The monoisotopic (exact) mass is 279 g/mol. The van der Waals surface area contributed by atoms with Crippen molar-refractivity contribution in [3.63, 3.8) is 0 Å². The first-order valence-corrected chi connectivity index (χ1v) is 7.17. The van der Waals surface area contributed by atoms with Crippen molar-refractivity contribution < 1.29 is 19.1 Å². The van der Waals surface area contributed by atoms with Crippen molar-refractivity contribution in [3.05, 3.63) is 23.7 Å². The second-order valence-electron chi connectivity index (χ2n) is 5.41. The maximum absolute atomic E-state index is 12.2. The van der Waals surface area contributed by atoms with Crippen LogP contribution >= 0.6 is 0 Å². The Morgan fingerprint density at radius 2 is 1.95 bits per heavy atom. The lowest BCUT2D eigenvalue weighted by Gasteiger charge is -2.27. The second kappa shape index (κ2) is 6.59. The van der Waals surface area contributed by atoms with Crippen molar-refractivity contribution in [3.8, 4) is 0 Å². The van der Waals surface area contributed by atoms with Crippen molar-refractivity contribution in [2.24, 2.45) is 5.92 Å². The van der Waals surface area contributed by atoms with Crippen LogP contribution in [0.1, 0.15) is 54.6 Å². The molecule has 1 saturated carbocycles. The number of carbonyl (C=O) groups is 2. The minimum absolute atomic E-state index is 0.243. The highest BCUT2D eigenvalue weighted by Crippen LogP contribution is 2.24. The third-order valence-corrected chi connectivity index (χ3v) is 4.00. The second-order valence-corrected chi connectivity index (χ2v) is 5.41. The summed E-state index contributed by atoms with van der Waals surface area (Å²) in [6.45, 7) is 1.72. The summed E-state index contributed by atoms with van der Waals surface area (Å²) >= 11 is 0. The zero-order chi connectivity index (χ0) is 14.5. The summed E-state index contributed by atoms with van der Waals surface area (Å²) < 4.78 is 5.12. The van der Waals surface area contributed by atoms with Crippen LogP contribution in [-0.2, 0) is 4.79 Å². The summed E-state index contributed by atoms with van der Waals surface area (Å²) in [5.74, 6) is -0.999. The molecular formula is C15H21NO4. The fourth-order valence-electron chi connectivity index (χ4n) is 2.82. The first kappa shape index (κ1) is 14.6. The molecule has 2 rings (SSSR count). The van der Waals surface area contributed by atoms with Gasteiger partial charge >= 0.3 is 5.97 Å². The van der Waals surface area contributed by atoms with Crippen LogP contribution in [0.5, 0.6) is 0 Å². The van der Waals surface area contributed by atoms with Crippen LogP contribution in [0, 0.1) is 12.8 Å². The smallest absolute Gasteiger partial charge is 0.308 e. The molecule has 0 bridgehead atoms. The number of aliphatic carboxylic acids is 1. The average Bonchev–Trinajstić information content (AvgIpc) is 2.78. The van der Waals surface area contributed by atoms with Gasteiger partial charge in [-0.05, 0) is 25.8 Å². The van der Waals surface area contributed by atoms with Crippen molar-refractivity contribution in [2.45, 2.75) is 51.5 Å². The lowest BCUT2D eigenvalue weighted by Crippen LogP contribution is -2.44. The largest absolute Gasteiger partial charge is 0.481 e. The van der Waals surface area contributed by atoms with Crippen LogP contribution in [0.15, 0.2) is 16.7 Å². The molecule has 0 radical (unpaired) electrons. The molecule has 1 heterocycles. The molecule has 2 unspecified atom stereocenters. The molecule has 2 atom stereocenters. The Kier molecular flexibility index (Phi) is 4.82. The van der Waals surface area contributed by atoms with Crippen molar-refractivity contribution in [1.29, 1.82) is 0 Å². The zero-order valence-corrected chi connectivity index (χ0v) is 11.7. The van der Waals surface area contributed by atoms with Crippen LogP contribution in [0.25, 0.3) is 0 Å². The number of hydrogen-bond acceptors (Lipinski definition) is 3. The fourth-order valence-corrected chi connectivity index (χ4v) is 2.82. The number of carbonyl (C=O) groups excluding carboxylic acids is 1. The maximum atomic E-state index is 12.2. The van der Waals surface area contributed by atoms with Crippen LogP contribution in [0.4, 0.5) is 0 Å². The number of hydrogen-bond donors (Lipinski definition) is 2. The molecule has 1 aromatic rings. The predicted molar refractivity (Wildman–Crippen MR) is 73.5 cm³/mol. The number of aryl methyl sites for hydroxylation is 1. The number of nitrogens with one attached hydrogen (secondary N) is 1. The Bertz CT molecular complexity index is 480. The average molecular weight is 279 g/mol. The molecule has 0 spiro atoms. The summed E-state index contributed by atoms with van der Waals surface area (Å²) in [5, 5.41) is 12.2. The normalized spacial score (nSPS) is 23.6. The first-order chi connectivity index (χ1) is 9.59. The number of carboxylic acids is 1. The van der Waals surface area contributed by atoms with Crippen LogP contribution < -0.4 is 5.32 Å². The lowest BCUT2D eigenvalue weighted by atomic mass is 9.86. The Morgan fingerprint density at radius 1 is 1.25 bits per heavy atom. The molecule has 2 N–H and O–H groups in total. The van der Waals surface area contributed by atoms with Gasteiger partial charge in [0.25, 0.3) is 5.91 Å². The van der Waals surface area contributed by atoms with E-state index in [2.05, 4.69) is 5.32 Å². The molecule has 20 heavy (non-hydrogen) atoms. The molecule has 0 saturated heterocycles. The van der Waals surface area contributed by atoms with E-state index < -0.39 is 11.9 Å². The van der Waals surface area contributed by atoms with Gasteiger partial charge in [0.05, 0.1) is 17.7 Å². The molecule has 1 aliphatic rings. The van der Waals surface area contributed by atoms with E-state index in [0.29, 0.717) is 17.7 Å². The highest BCUT2D eigenvalue weighted by atomic mass is 16.4. The van der Waals surface area contributed by atoms with E-state index >= 15 is 0 Å². The molecule has 110 valence electrons. The molecule has 0 aromatic carbocycles. The first-order valence-electron chi connectivity index (χ1n) is 7.17. The topological polar surface area (TPSA) is 79.5 Å². The van der Waals surface area contributed by atoms with Crippen molar-refractivity contribution in [1.82, 2.24) is 5.32 Å². The van der Waals surface area contributed by atoms with E-state index in [1.807, 2.05) is 0 Å². The molecule has 5 heteroatoms. The SMILES string of the molecule is Cc1occc1C(=O)NC1CCCCCCC1C(=O)O. The summed E-state index contributed by atoms with van der Waals surface area (Å²) in [7, 11) is 0. The molecule has 1 fully saturated rings. The van der Waals surface area contributed by atoms with Gasteiger partial charge in [0.15, 0.2) is 0 Å². The van der Waals surface area contributed by atoms with Gasteiger partial charge in [-0.3, -0.25) is 9.59 Å². The summed E-state index contributed by atoms with van der Waals surface area (Å²) in [4.78, 5) is 23.6. The molecular weight excluding hydrogens is 258 g/mol. The Morgan fingerprint density at radius 3 is 2.55 bits per heavy atom. The Hall–Kier alpha value is -1.78. The van der Waals surface area contributed by atoms with Crippen molar-refractivity contribution in [2.75, 3.05) is 0 Å². The standard InChI is InChI=1S/C15H21NO4/c1-10-11(8-9-20-10)14(17)16-13-7-5-3-2-4-6-12(13)15(18)19/h8-9,12-13H,2-7H2,1H3,(H,16,17)(H,18,19). The van der Waals surface area contributed by atoms with Gasteiger partial charge in [0.1, 0.15) is 5.76 Å². The number of rotatable bonds is 3. The minimum Gasteiger partial charge on any atom is -0.481 e. The molecule has 0 aliphatic heterocycles. The molecule has 1 aliphatic carbocycles. The van der Waals surface area contributed by atoms with Gasteiger partial charge in [-0.1, -0.05) is 25.7 Å². The summed E-state index contributed by atoms with van der Waals surface area (Å²) in [6, 6.07) is 1.32. The zero-order valence-electron chi connectivity index (χ0n) is 11.7. The Labute approximate surface area is 118 Å². The molecule has 1 aromatic heterocycles. The van der Waals surface area contributed by atoms with Crippen LogP contribution in [0.2, 0.25) is 0 Å². The van der Waals surface area contributed by atoms with Gasteiger partial charge in [0.2, 0.25) is 0 Å². The Balaban J connectivity index is 2.08.